The monoisotopic (exact) mass is 327 g/mol. The second-order valence-electron chi connectivity index (χ2n) is 4.20. The normalized spacial score (nSPS) is 10.4. The van der Waals surface area contributed by atoms with Crippen molar-refractivity contribution in [2.24, 2.45) is 0 Å². The minimum atomic E-state index is -0.273. The Morgan fingerprint density at radius 1 is 1.05 bits per heavy atom. The molecule has 0 fully saturated rings. The van der Waals surface area contributed by atoms with Crippen LogP contribution in [0, 0.1) is 0 Å². The molecule has 0 aliphatic rings. The zero-order valence-corrected chi connectivity index (χ0v) is 12.0. The van der Waals surface area contributed by atoms with E-state index < -0.39 is 0 Å². The van der Waals surface area contributed by atoms with Crippen LogP contribution in [0.1, 0.15) is 10.5 Å². The van der Waals surface area contributed by atoms with Gasteiger partial charge in [-0.2, -0.15) is 0 Å². The van der Waals surface area contributed by atoms with E-state index in [2.05, 4.69) is 31.2 Å². The molecule has 1 aromatic carbocycles. The van der Waals surface area contributed by atoms with Crippen molar-refractivity contribution in [3.63, 3.8) is 0 Å². The number of carbonyl (C=O) groups excluding carboxylic acids is 1. The first-order valence-corrected chi connectivity index (χ1v) is 6.80. The number of hydrogen-bond acceptors (Lipinski definition) is 3. The summed E-state index contributed by atoms with van der Waals surface area (Å²) >= 11 is 3.30. The molecule has 0 spiro atoms. The van der Waals surface area contributed by atoms with Gasteiger partial charge in [0.2, 0.25) is 0 Å². The lowest BCUT2D eigenvalue weighted by molar-refractivity contribution is 0.102. The molecule has 1 N–H and O–H groups in total. The van der Waals surface area contributed by atoms with Crippen molar-refractivity contribution in [1.82, 2.24) is 9.97 Å². The highest BCUT2D eigenvalue weighted by Crippen LogP contribution is 2.14. The Morgan fingerprint density at radius 3 is 2.70 bits per heavy atom. The number of aromatic nitrogens is 2. The molecule has 4 nitrogen and oxygen atoms in total. The van der Waals surface area contributed by atoms with Gasteiger partial charge in [-0.15, -0.1) is 0 Å². The number of anilines is 1. The molecule has 20 heavy (non-hydrogen) atoms. The number of amides is 1. The van der Waals surface area contributed by atoms with Crippen LogP contribution in [-0.4, -0.2) is 15.9 Å². The summed E-state index contributed by atoms with van der Waals surface area (Å²) in [5.74, 6) is 0.221. The van der Waals surface area contributed by atoms with Crippen molar-refractivity contribution >= 4 is 38.6 Å². The molecule has 1 amide bonds. The summed E-state index contributed by atoms with van der Waals surface area (Å²) in [5, 5.41) is 3.72. The lowest BCUT2D eigenvalue weighted by atomic mass is 10.2. The SMILES string of the molecule is O=C(Nc1ccc(Br)cn1)c1ccc2ccccc2n1. The predicted molar refractivity (Wildman–Crippen MR) is 81.6 cm³/mol. The number of benzene rings is 1. The topological polar surface area (TPSA) is 54.9 Å². The number of pyridine rings is 2. The molecule has 0 saturated carbocycles. The van der Waals surface area contributed by atoms with Crippen molar-refractivity contribution in [3.8, 4) is 0 Å². The van der Waals surface area contributed by atoms with Gasteiger partial charge in [0.15, 0.2) is 0 Å². The molecular weight excluding hydrogens is 318 g/mol. The van der Waals surface area contributed by atoms with E-state index in [1.54, 1.807) is 18.3 Å². The van der Waals surface area contributed by atoms with Crippen LogP contribution in [0.25, 0.3) is 10.9 Å². The van der Waals surface area contributed by atoms with Crippen molar-refractivity contribution in [3.05, 3.63) is 64.9 Å². The van der Waals surface area contributed by atoms with Crippen molar-refractivity contribution in [1.29, 1.82) is 0 Å². The van der Waals surface area contributed by atoms with Gasteiger partial charge in [-0.1, -0.05) is 24.3 Å². The molecule has 0 radical (unpaired) electrons. The standard InChI is InChI=1S/C15H10BrN3O/c16-11-6-8-14(17-9-11)19-15(20)13-7-5-10-3-1-2-4-12(10)18-13/h1-9H,(H,17,19,20). The Morgan fingerprint density at radius 2 is 1.90 bits per heavy atom. The largest absolute Gasteiger partial charge is 0.305 e. The van der Waals surface area contributed by atoms with E-state index in [1.165, 1.54) is 0 Å². The van der Waals surface area contributed by atoms with Gasteiger partial charge < -0.3 is 5.32 Å². The van der Waals surface area contributed by atoms with E-state index >= 15 is 0 Å². The Hall–Kier alpha value is -2.27. The molecule has 5 heteroatoms. The lowest BCUT2D eigenvalue weighted by Crippen LogP contribution is -2.14. The highest BCUT2D eigenvalue weighted by atomic mass is 79.9. The molecular formula is C15H10BrN3O. The molecule has 0 aliphatic heterocycles. The average molecular weight is 328 g/mol. The molecule has 3 rings (SSSR count). The van der Waals surface area contributed by atoms with Gasteiger partial charge in [0, 0.05) is 16.1 Å². The van der Waals surface area contributed by atoms with Crippen LogP contribution < -0.4 is 5.32 Å². The fourth-order valence-corrected chi connectivity index (χ4v) is 2.06. The number of rotatable bonds is 2. The second-order valence-corrected chi connectivity index (χ2v) is 5.12. The maximum atomic E-state index is 12.1. The fraction of sp³-hybridized carbons (Fsp3) is 0. The van der Waals surface area contributed by atoms with Gasteiger partial charge in [0.1, 0.15) is 11.5 Å². The first-order valence-electron chi connectivity index (χ1n) is 6.01. The summed E-state index contributed by atoms with van der Waals surface area (Å²) in [7, 11) is 0. The first-order chi connectivity index (χ1) is 9.72. The van der Waals surface area contributed by atoms with E-state index in [0.29, 0.717) is 11.5 Å². The Balaban J connectivity index is 1.86. The molecule has 3 aromatic rings. The number of para-hydroxylation sites is 1. The van der Waals surface area contributed by atoms with E-state index in [0.717, 1.165) is 15.4 Å². The van der Waals surface area contributed by atoms with Crippen LogP contribution in [0.2, 0.25) is 0 Å². The molecule has 0 saturated heterocycles. The average Bonchev–Trinajstić information content (AvgIpc) is 2.49. The van der Waals surface area contributed by atoms with Gasteiger partial charge >= 0.3 is 0 Å². The van der Waals surface area contributed by atoms with Gasteiger partial charge in [0.05, 0.1) is 5.52 Å². The van der Waals surface area contributed by atoms with Gasteiger partial charge in [0.25, 0.3) is 5.91 Å². The third kappa shape index (κ3) is 2.67. The number of nitrogens with one attached hydrogen (secondary N) is 1. The summed E-state index contributed by atoms with van der Waals surface area (Å²) in [6.07, 6.45) is 1.63. The highest BCUT2D eigenvalue weighted by Gasteiger charge is 2.09. The third-order valence-corrected chi connectivity index (χ3v) is 3.27. The Labute approximate surface area is 124 Å². The maximum absolute atomic E-state index is 12.1. The highest BCUT2D eigenvalue weighted by molar-refractivity contribution is 9.10. The number of carbonyl (C=O) groups is 1. The van der Waals surface area contributed by atoms with Crippen LogP contribution in [0.15, 0.2) is 59.2 Å². The van der Waals surface area contributed by atoms with Crippen LogP contribution in [0.3, 0.4) is 0 Å². The Bertz CT molecular complexity index is 771. The maximum Gasteiger partial charge on any atom is 0.275 e. The summed E-state index contributed by atoms with van der Waals surface area (Å²) in [4.78, 5) is 20.6. The van der Waals surface area contributed by atoms with E-state index in [9.17, 15) is 4.79 Å². The van der Waals surface area contributed by atoms with E-state index in [1.807, 2.05) is 36.4 Å². The molecule has 0 bridgehead atoms. The Kier molecular flexibility index (Phi) is 3.43. The smallest absolute Gasteiger partial charge is 0.275 e. The number of halogens is 1. The summed E-state index contributed by atoms with van der Waals surface area (Å²) in [5.41, 5.74) is 1.16. The van der Waals surface area contributed by atoms with Crippen LogP contribution in [0.5, 0.6) is 0 Å². The number of nitrogens with zero attached hydrogens (tertiary/aromatic N) is 2. The molecule has 2 aromatic heterocycles. The molecule has 0 aliphatic carbocycles. The van der Waals surface area contributed by atoms with Crippen molar-refractivity contribution in [2.45, 2.75) is 0 Å². The molecule has 0 atom stereocenters. The van der Waals surface area contributed by atoms with Crippen LogP contribution >= 0.6 is 15.9 Å². The van der Waals surface area contributed by atoms with Crippen molar-refractivity contribution in [2.75, 3.05) is 5.32 Å². The minimum Gasteiger partial charge on any atom is -0.305 e. The quantitative estimate of drug-likeness (QED) is 0.781. The predicted octanol–water partition coefficient (Wildman–Crippen LogP) is 3.64. The van der Waals surface area contributed by atoms with Crippen molar-refractivity contribution < 1.29 is 4.79 Å². The first kappa shape index (κ1) is 12.7. The third-order valence-electron chi connectivity index (χ3n) is 2.80. The summed E-state index contributed by atoms with van der Waals surface area (Å²) < 4.78 is 0.860. The van der Waals surface area contributed by atoms with Gasteiger partial charge in [-0.25, -0.2) is 9.97 Å². The van der Waals surface area contributed by atoms with Gasteiger partial charge in [-0.05, 0) is 40.2 Å². The van der Waals surface area contributed by atoms with Crippen LogP contribution in [-0.2, 0) is 0 Å². The van der Waals surface area contributed by atoms with Gasteiger partial charge in [-0.3, -0.25) is 4.79 Å². The second kappa shape index (κ2) is 5.38. The summed E-state index contributed by atoms with van der Waals surface area (Å²) in [6, 6.07) is 14.8. The van der Waals surface area contributed by atoms with Crippen LogP contribution in [0.4, 0.5) is 5.82 Å². The molecule has 98 valence electrons. The fourth-order valence-electron chi connectivity index (χ4n) is 1.82. The van der Waals surface area contributed by atoms with E-state index in [4.69, 9.17) is 0 Å². The zero-order valence-electron chi connectivity index (χ0n) is 10.4. The molecule has 0 unspecified atom stereocenters. The minimum absolute atomic E-state index is 0.273. The number of fused-ring (bicyclic) bond motifs is 1. The zero-order chi connectivity index (χ0) is 13.9. The lowest BCUT2D eigenvalue weighted by Gasteiger charge is -2.05. The number of hydrogen-bond donors (Lipinski definition) is 1. The molecule has 2 heterocycles. The van der Waals surface area contributed by atoms with E-state index in [-0.39, 0.29) is 5.91 Å². The summed E-state index contributed by atoms with van der Waals surface area (Å²) in [6.45, 7) is 0.